The number of benzene rings is 1. The molecule has 2 aromatic heterocycles. The molecular weight excluding hydrogens is 480 g/mol. The van der Waals surface area contributed by atoms with Crippen molar-refractivity contribution in [1.29, 1.82) is 0 Å². The summed E-state index contributed by atoms with van der Waals surface area (Å²) < 4.78 is 21.5. The second-order valence-electron chi connectivity index (χ2n) is 8.34. The molecule has 1 aliphatic rings. The van der Waals surface area contributed by atoms with Gasteiger partial charge in [0.15, 0.2) is 11.5 Å². The Morgan fingerprint density at radius 1 is 1.14 bits per heavy atom. The number of aliphatic carboxylic acids is 2. The van der Waals surface area contributed by atoms with E-state index < -0.39 is 11.9 Å². The van der Waals surface area contributed by atoms with Crippen LogP contribution in [0.1, 0.15) is 33.1 Å². The molecule has 0 bridgehead atoms. The zero-order valence-corrected chi connectivity index (χ0v) is 21.6. The van der Waals surface area contributed by atoms with Crippen molar-refractivity contribution < 1.29 is 34.0 Å². The maximum Gasteiger partial charge on any atom is 0.300 e. The minimum Gasteiger partial charge on any atom is -0.493 e. The van der Waals surface area contributed by atoms with Gasteiger partial charge in [-0.2, -0.15) is 0 Å². The molecule has 202 valence electrons. The Kier molecular flexibility index (Phi) is 12.7. The number of carbonyl (C=O) groups is 2. The van der Waals surface area contributed by atoms with Gasteiger partial charge in [-0.25, -0.2) is 9.97 Å². The standard InChI is InChI=1S/C22H28N4O3.2C2H4O2/c1-27-20-6-2-5-19(21(20)29-15-13-25-11-8-23-17-25)22-24-9-12-26(22)10-7-18-4-3-14-28-16-18;2*1-2(3)4/h2,5-6,8-9,11-12,17-18H,3-4,7,10,13-16H2,1H3;2*1H3,(H,3,4). The molecule has 1 saturated heterocycles. The predicted molar refractivity (Wildman–Crippen MR) is 137 cm³/mol. The Balaban J connectivity index is 0.000000530. The summed E-state index contributed by atoms with van der Waals surface area (Å²) in [6, 6.07) is 5.94. The number of carboxylic acid groups (broad SMARTS) is 2. The molecule has 11 heteroatoms. The molecule has 1 atom stereocenters. The SMILES string of the molecule is CC(=O)O.CC(=O)O.COc1cccc(-c2nccn2CCC2CCCOC2)c1OCCn1ccnc1. The van der Waals surface area contributed by atoms with Gasteiger partial charge in [0.25, 0.3) is 11.9 Å². The third-order valence-electron chi connectivity index (χ3n) is 5.34. The molecule has 1 aromatic carbocycles. The van der Waals surface area contributed by atoms with Crippen LogP contribution in [0.3, 0.4) is 0 Å². The lowest BCUT2D eigenvalue weighted by atomic mass is 9.98. The van der Waals surface area contributed by atoms with Crippen LogP contribution in [-0.4, -0.2) is 68.2 Å². The third-order valence-corrected chi connectivity index (χ3v) is 5.34. The van der Waals surface area contributed by atoms with E-state index in [1.54, 1.807) is 19.6 Å². The Hall–Kier alpha value is -3.86. The van der Waals surface area contributed by atoms with E-state index in [0.717, 1.165) is 63.6 Å². The van der Waals surface area contributed by atoms with Gasteiger partial charge in [0.2, 0.25) is 0 Å². The van der Waals surface area contributed by atoms with Crippen molar-refractivity contribution in [2.75, 3.05) is 26.9 Å². The van der Waals surface area contributed by atoms with E-state index in [1.165, 1.54) is 6.42 Å². The van der Waals surface area contributed by atoms with Crippen molar-refractivity contribution in [1.82, 2.24) is 19.1 Å². The summed E-state index contributed by atoms with van der Waals surface area (Å²) in [5, 5.41) is 14.8. The highest BCUT2D eigenvalue weighted by Crippen LogP contribution is 2.37. The number of nitrogens with zero attached hydrogens (tertiary/aromatic N) is 4. The number of aryl methyl sites for hydroxylation is 1. The van der Waals surface area contributed by atoms with Crippen LogP contribution in [0.25, 0.3) is 11.4 Å². The van der Waals surface area contributed by atoms with Gasteiger partial charge in [-0.3, -0.25) is 9.59 Å². The van der Waals surface area contributed by atoms with Gasteiger partial charge in [0, 0.05) is 58.4 Å². The highest BCUT2D eigenvalue weighted by Gasteiger charge is 2.18. The monoisotopic (exact) mass is 516 g/mol. The van der Waals surface area contributed by atoms with Gasteiger partial charge in [0.05, 0.1) is 25.5 Å². The average molecular weight is 517 g/mol. The molecule has 11 nitrogen and oxygen atoms in total. The van der Waals surface area contributed by atoms with Gasteiger partial charge < -0.3 is 33.6 Å². The first-order valence-electron chi connectivity index (χ1n) is 12.1. The first kappa shape index (κ1) is 29.4. The maximum absolute atomic E-state index is 9.00. The maximum atomic E-state index is 9.00. The van der Waals surface area contributed by atoms with Crippen molar-refractivity contribution in [2.24, 2.45) is 5.92 Å². The minimum atomic E-state index is -0.833. The van der Waals surface area contributed by atoms with Crippen LogP contribution in [-0.2, 0) is 27.4 Å². The van der Waals surface area contributed by atoms with E-state index >= 15 is 0 Å². The Bertz CT molecular complexity index is 1060. The number of aromatic nitrogens is 4. The van der Waals surface area contributed by atoms with Crippen LogP contribution in [0, 0.1) is 5.92 Å². The fourth-order valence-electron chi connectivity index (χ4n) is 3.76. The van der Waals surface area contributed by atoms with Crippen LogP contribution in [0.5, 0.6) is 11.5 Å². The summed E-state index contributed by atoms with van der Waals surface area (Å²) in [5.74, 6) is 1.29. The Morgan fingerprint density at radius 3 is 2.51 bits per heavy atom. The normalized spacial score (nSPS) is 14.4. The smallest absolute Gasteiger partial charge is 0.300 e. The van der Waals surface area contributed by atoms with Crippen LogP contribution < -0.4 is 9.47 Å². The van der Waals surface area contributed by atoms with E-state index in [0.29, 0.717) is 24.8 Å². The van der Waals surface area contributed by atoms with Crippen LogP contribution in [0.15, 0.2) is 49.3 Å². The molecule has 4 rings (SSSR count). The van der Waals surface area contributed by atoms with Crippen molar-refractivity contribution in [3.63, 3.8) is 0 Å². The summed E-state index contributed by atoms with van der Waals surface area (Å²) in [5.41, 5.74) is 0.944. The van der Waals surface area contributed by atoms with E-state index in [2.05, 4.69) is 14.5 Å². The fourth-order valence-corrected chi connectivity index (χ4v) is 3.76. The van der Waals surface area contributed by atoms with Crippen LogP contribution in [0.4, 0.5) is 0 Å². The first-order valence-corrected chi connectivity index (χ1v) is 12.1. The van der Waals surface area contributed by atoms with Crippen molar-refractivity contribution in [2.45, 2.75) is 46.2 Å². The molecule has 0 spiro atoms. The molecule has 2 N–H and O–H groups in total. The van der Waals surface area contributed by atoms with Gasteiger partial charge in [-0.1, -0.05) is 6.07 Å². The van der Waals surface area contributed by atoms with Gasteiger partial charge >= 0.3 is 0 Å². The van der Waals surface area contributed by atoms with E-state index in [9.17, 15) is 0 Å². The van der Waals surface area contributed by atoms with Crippen molar-refractivity contribution in [3.8, 4) is 22.9 Å². The molecule has 1 unspecified atom stereocenters. The van der Waals surface area contributed by atoms with Crippen molar-refractivity contribution >= 4 is 11.9 Å². The number of para-hydroxylation sites is 1. The molecule has 0 amide bonds. The predicted octanol–water partition coefficient (Wildman–Crippen LogP) is 3.83. The van der Waals surface area contributed by atoms with Crippen molar-refractivity contribution in [3.05, 3.63) is 49.3 Å². The topological polar surface area (TPSA) is 138 Å². The number of hydrogen-bond acceptors (Lipinski definition) is 7. The summed E-state index contributed by atoms with van der Waals surface area (Å²) in [6.07, 6.45) is 12.8. The molecule has 3 heterocycles. The lowest BCUT2D eigenvalue weighted by molar-refractivity contribution is -0.135. The molecule has 0 aliphatic carbocycles. The third kappa shape index (κ3) is 10.7. The fraction of sp³-hybridized carbons (Fsp3) is 0.462. The molecule has 0 radical (unpaired) electrons. The lowest BCUT2D eigenvalue weighted by Crippen LogP contribution is -2.19. The average Bonchev–Trinajstić information content (AvgIpc) is 3.55. The lowest BCUT2D eigenvalue weighted by Gasteiger charge is -2.22. The highest BCUT2D eigenvalue weighted by molar-refractivity contribution is 5.69. The number of carboxylic acids is 2. The number of rotatable bonds is 9. The second kappa shape index (κ2) is 16.0. The number of imidazole rings is 2. The summed E-state index contributed by atoms with van der Waals surface area (Å²) in [6.45, 7) is 6.08. The summed E-state index contributed by atoms with van der Waals surface area (Å²) in [7, 11) is 1.66. The van der Waals surface area contributed by atoms with Gasteiger partial charge in [0.1, 0.15) is 12.4 Å². The summed E-state index contributed by atoms with van der Waals surface area (Å²) in [4.78, 5) is 26.7. The number of ether oxygens (including phenoxy) is 3. The van der Waals surface area contributed by atoms with Crippen LogP contribution in [0.2, 0.25) is 0 Å². The molecule has 37 heavy (non-hydrogen) atoms. The van der Waals surface area contributed by atoms with E-state index in [1.807, 2.05) is 41.4 Å². The molecule has 1 fully saturated rings. The first-order chi connectivity index (χ1) is 17.8. The number of hydrogen-bond donors (Lipinski definition) is 2. The largest absolute Gasteiger partial charge is 0.493 e. The minimum absolute atomic E-state index is 0.518. The molecule has 3 aromatic rings. The van der Waals surface area contributed by atoms with Gasteiger partial charge in [-0.05, 0) is 37.3 Å². The highest BCUT2D eigenvalue weighted by atomic mass is 16.5. The molecule has 1 aliphatic heterocycles. The van der Waals surface area contributed by atoms with Gasteiger partial charge in [-0.15, -0.1) is 0 Å². The quantitative estimate of drug-likeness (QED) is 0.434. The zero-order chi connectivity index (χ0) is 27.0. The zero-order valence-electron chi connectivity index (χ0n) is 21.6. The number of methoxy groups -OCH3 is 1. The second-order valence-corrected chi connectivity index (χ2v) is 8.34. The Morgan fingerprint density at radius 2 is 1.89 bits per heavy atom. The Labute approximate surface area is 216 Å². The molecule has 0 saturated carbocycles. The summed E-state index contributed by atoms with van der Waals surface area (Å²) >= 11 is 0. The molecular formula is C26H36N4O7. The van der Waals surface area contributed by atoms with E-state index in [-0.39, 0.29) is 0 Å². The van der Waals surface area contributed by atoms with Crippen LogP contribution >= 0.6 is 0 Å². The van der Waals surface area contributed by atoms with E-state index in [4.69, 9.17) is 34.0 Å².